The van der Waals surface area contributed by atoms with E-state index in [-0.39, 0.29) is 6.10 Å². The van der Waals surface area contributed by atoms with Crippen molar-refractivity contribution in [3.63, 3.8) is 0 Å². The van der Waals surface area contributed by atoms with Gasteiger partial charge < -0.3 is 9.57 Å². The molecule has 2 aliphatic heterocycles. The molecule has 2 rings (SSSR count). The maximum absolute atomic E-state index is 5.32. The van der Waals surface area contributed by atoms with Crippen LogP contribution in [0.4, 0.5) is 0 Å². The fourth-order valence-corrected chi connectivity index (χ4v) is 1.83. The van der Waals surface area contributed by atoms with Crippen LogP contribution in [0.5, 0.6) is 0 Å². The molecule has 0 radical (unpaired) electrons. The maximum Gasteiger partial charge on any atom is 0.212 e. The zero-order valence-corrected chi connectivity index (χ0v) is 7.82. The van der Waals surface area contributed by atoms with Crippen LogP contribution in [-0.2, 0) is 9.57 Å². The molecule has 0 spiro atoms. The van der Waals surface area contributed by atoms with Gasteiger partial charge in [0.25, 0.3) is 0 Å². The Morgan fingerprint density at radius 3 is 2.85 bits per heavy atom. The van der Waals surface area contributed by atoms with Crippen LogP contribution in [0.15, 0.2) is 5.16 Å². The third-order valence-corrected chi connectivity index (χ3v) is 2.54. The molecule has 0 saturated carbocycles. The highest BCUT2D eigenvalue weighted by molar-refractivity contribution is 5.46. The quantitative estimate of drug-likeness (QED) is 0.637. The molecule has 74 valence electrons. The molecule has 0 aromatic rings. The van der Waals surface area contributed by atoms with Gasteiger partial charge in [-0.1, -0.05) is 11.6 Å². The van der Waals surface area contributed by atoms with E-state index in [0.29, 0.717) is 6.61 Å². The lowest BCUT2D eigenvalue weighted by Gasteiger charge is -2.30. The third kappa shape index (κ3) is 2.59. The van der Waals surface area contributed by atoms with Crippen molar-refractivity contribution in [2.45, 2.75) is 25.4 Å². The van der Waals surface area contributed by atoms with Gasteiger partial charge >= 0.3 is 0 Å². The number of hydrogen-bond donors (Lipinski definition) is 0. The molecule has 0 unspecified atom stereocenters. The molecule has 1 fully saturated rings. The Kier molecular flexibility index (Phi) is 3.02. The van der Waals surface area contributed by atoms with Gasteiger partial charge in [-0.25, -0.2) is 0 Å². The Hall–Kier alpha value is -0.770. The summed E-state index contributed by atoms with van der Waals surface area (Å²) < 4.78 is 5.32. The summed E-state index contributed by atoms with van der Waals surface area (Å²) in [6.07, 6.45) is 5.59. The molecule has 4 nitrogen and oxygen atoms in total. The molecule has 0 aliphatic carbocycles. The fraction of sp³-hybridized carbons (Fsp3) is 0.889. The molecule has 4 heteroatoms. The van der Waals surface area contributed by atoms with Crippen molar-refractivity contribution in [2.75, 3.05) is 26.2 Å². The SMILES string of the molecule is C1=NOC[C@H](CN2CCCCC2)O1. The van der Waals surface area contributed by atoms with Crippen molar-refractivity contribution in [1.82, 2.24) is 4.90 Å². The minimum atomic E-state index is 0.176. The Balaban J connectivity index is 1.72. The van der Waals surface area contributed by atoms with E-state index in [1.807, 2.05) is 0 Å². The van der Waals surface area contributed by atoms with E-state index in [9.17, 15) is 0 Å². The van der Waals surface area contributed by atoms with E-state index < -0.39 is 0 Å². The molecule has 0 N–H and O–H groups in total. The van der Waals surface area contributed by atoms with Crippen molar-refractivity contribution in [3.05, 3.63) is 0 Å². The Bertz CT molecular complexity index is 178. The van der Waals surface area contributed by atoms with E-state index in [2.05, 4.69) is 10.1 Å². The van der Waals surface area contributed by atoms with E-state index in [1.165, 1.54) is 38.8 Å². The van der Waals surface area contributed by atoms with Crippen LogP contribution in [0.1, 0.15) is 19.3 Å². The Morgan fingerprint density at radius 2 is 2.15 bits per heavy atom. The van der Waals surface area contributed by atoms with Gasteiger partial charge in [0.2, 0.25) is 6.40 Å². The Labute approximate surface area is 78.5 Å². The zero-order valence-electron chi connectivity index (χ0n) is 7.82. The van der Waals surface area contributed by atoms with Gasteiger partial charge in [0.1, 0.15) is 6.10 Å². The van der Waals surface area contributed by atoms with Gasteiger partial charge in [-0.2, -0.15) is 0 Å². The molecular formula is C9H16N2O2. The lowest BCUT2D eigenvalue weighted by molar-refractivity contribution is -0.00244. The number of piperidine rings is 1. The molecule has 2 heterocycles. The zero-order chi connectivity index (χ0) is 8.93. The largest absolute Gasteiger partial charge is 0.472 e. The van der Waals surface area contributed by atoms with Crippen LogP contribution in [-0.4, -0.2) is 43.6 Å². The minimum absolute atomic E-state index is 0.176. The highest BCUT2D eigenvalue weighted by atomic mass is 16.7. The van der Waals surface area contributed by atoms with Crippen LogP contribution in [0.2, 0.25) is 0 Å². The topological polar surface area (TPSA) is 34.1 Å². The van der Waals surface area contributed by atoms with Crippen molar-refractivity contribution in [2.24, 2.45) is 5.16 Å². The summed E-state index contributed by atoms with van der Waals surface area (Å²) >= 11 is 0. The number of oxime groups is 1. The van der Waals surface area contributed by atoms with Crippen LogP contribution < -0.4 is 0 Å². The number of ether oxygens (including phenoxy) is 1. The summed E-state index contributed by atoms with van der Waals surface area (Å²) in [5, 5.41) is 3.55. The standard InChI is InChI=1S/C9H16N2O2/c1-2-4-11(5-3-1)6-9-7-13-10-8-12-9/h8-9H,1-7H2/t9-/m0/s1. The summed E-state index contributed by atoms with van der Waals surface area (Å²) in [7, 11) is 0. The number of likely N-dealkylation sites (tertiary alicyclic amines) is 1. The molecule has 13 heavy (non-hydrogen) atoms. The summed E-state index contributed by atoms with van der Waals surface area (Å²) in [4.78, 5) is 7.38. The van der Waals surface area contributed by atoms with E-state index in [0.717, 1.165) is 6.54 Å². The van der Waals surface area contributed by atoms with Gasteiger partial charge in [0.15, 0.2) is 6.61 Å². The average molecular weight is 184 g/mol. The Morgan fingerprint density at radius 1 is 1.31 bits per heavy atom. The molecule has 0 amide bonds. The molecule has 1 saturated heterocycles. The number of nitrogens with zero attached hydrogens (tertiary/aromatic N) is 2. The average Bonchev–Trinajstić information content (AvgIpc) is 2.21. The van der Waals surface area contributed by atoms with E-state index in [1.54, 1.807) is 0 Å². The molecular weight excluding hydrogens is 168 g/mol. The van der Waals surface area contributed by atoms with Gasteiger partial charge in [0, 0.05) is 6.54 Å². The maximum atomic E-state index is 5.32. The predicted octanol–water partition coefficient (Wildman–Crippen LogP) is 0.831. The number of hydrogen-bond acceptors (Lipinski definition) is 4. The van der Waals surface area contributed by atoms with Crippen LogP contribution in [0.3, 0.4) is 0 Å². The lowest BCUT2D eigenvalue weighted by Crippen LogP contribution is -2.40. The molecule has 0 aromatic heterocycles. The van der Waals surface area contributed by atoms with Gasteiger partial charge in [-0.3, -0.25) is 4.90 Å². The van der Waals surface area contributed by atoms with Crippen molar-refractivity contribution in [1.29, 1.82) is 0 Å². The van der Waals surface area contributed by atoms with Gasteiger partial charge in [-0.05, 0) is 25.9 Å². The molecule has 0 bridgehead atoms. The van der Waals surface area contributed by atoms with Gasteiger partial charge in [0.05, 0.1) is 0 Å². The minimum Gasteiger partial charge on any atom is -0.472 e. The first-order chi connectivity index (χ1) is 6.45. The highest BCUT2D eigenvalue weighted by Crippen LogP contribution is 2.10. The van der Waals surface area contributed by atoms with Crippen molar-refractivity contribution < 1.29 is 9.57 Å². The first-order valence-corrected chi connectivity index (χ1v) is 4.97. The fourth-order valence-electron chi connectivity index (χ4n) is 1.83. The molecule has 1 atom stereocenters. The molecule has 0 aromatic carbocycles. The summed E-state index contributed by atoms with van der Waals surface area (Å²) in [6.45, 7) is 3.98. The predicted molar refractivity (Wildman–Crippen MR) is 49.6 cm³/mol. The monoisotopic (exact) mass is 184 g/mol. The van der Waals surface area contributed by atoms with Crippen LogP contribution in [0.25, 0.3) is 0 Å². The highest BCUT2D eigenvalue weighted by Gasteiger charge is 2.18. The van der Waals surface area contributed by atoms with E-state index >= 15 is 0 Å². The van der Waals surface area contributed by atoms with Crippen molar-refractivity contribution >= 4 is 6.40 Å². The normalized spacial score (nSPS) is 29.4. The summed E-state index contributed by atoms with van der Waals surface area (Å²) in [5.41, 5.74) is 0. The first kappa shape index (κ1) is 8.81. The van der Waals surface area contributed by atoms with Gasteiger partial charge in [-0.15, -0.1) is 0 Å². The summed E-state index contributed by atoms with van der Waals surface area (Å²) in [5.74, 6) is 0. The van der Waals surface area contributed by atoms with Crippen LogP contribution in [0, 0.1) is 0 Å². The lowest BCUT2D eigenvalue weighted by atomic mass is 10.1. The summed E-state index contributed by atoms with van der Waals surface area (Å²) in [6, 6.07) is 0. The second-order valence-electron chi connectivity index (χ2n) is 3.63. The first-order valence-electron chi connectivity index (χ1n) is 4.97. The van der Waals surface area contributed by atoms with E-state index in [4.69, 9.17) is 9.57 Å². The second-order valence-corrected chi connectivity index (χ2v) is 3.63. The molecule has 2 aliphatic rings. The number of rotatable bonds is 2. The smallest absolute Gasteiger partial charge is 0.212 e. The van der Waals surface area contributed by atoms with Crippen molar-refractivity contribution in [3.8, 4) is 0 Å². The third-order valence-electron chi connectivity index (χ3n) is 2.54. The second kappa shape index (κ2) is 4.46. The van der Waals surface area contributed by atoms with Crippen LogP contribution >= 0.6 is 0 Å².